The van der Waals surface area contributed by atoms with Gasteiger partial charge in [-0.1, -0.05) is 139 Å². The molecule has 1 rings (SSSR count). The molecule has 1 heterocycles. The molecule has 0 aromatic carbocycles. The molecular weight excluding hydrogens is 1670 g/mol. The molecule has 0 unspecified atom stereocenters. The van der Waals surface area contributed by atoms with Crippen molar-refractivity contribution < 1.29 is 158 Å². The second-order valence-corrected chi connectivity index (χ2v) is 30.5. The number of hydrogen-bond donors (Lipinski definition) is 13. The molecule has 9 atom stereocenters. The number of methoxy groups -OCH3 is 1. The molecule has 0 aliphatic carbocycles. The van der Waals surface area contributed by atoms with Crippen molar-refractivity contribution in [3.05, 3.63) is 0 Å². The number of amides is 7. The van der Waals surface area contributed by atoms with Crippen LogP contribution in [0.25, 0.3) is 0 Å². The van der Waals surface area contributed by atoms with Crippen molar-refractivity contribution in [1.82, 2.24) is 51.5 Å². The fourth-order valence-electron chi connectivity index (χ4n) is 12.5. The minimum Gasteiger partial charge on any atom is -0.481 e. The Morgan fingerprint density at radius 3 is 1.29 bits per heavy atom. The molecule has 0 saturated carbocycles. The van der Waals surface area contributed by atoms with E-state index in [9.17, 15) is 91.7 Å². The van der Waals surface area contributed by atoms with Crippen molar-refractivity contribution in [3.63, 3.8) is 0 Å². The third-order valence-electron chi connectivity index (χ3n) is 20.1. The Kier molecular flexibility index (Phi) is 65.7. The normalized spacial score (nSPS) is 15.4. The van der Waals surface area contributed by atoms with Gasteiger partial charge in [0.2, 0.25) is 41.4 Å². The standard InChI is InChI=1S/C29H53N7O10.C28H43N3O12.C24H47NO2.Gd/c1-3-22(7-8-25(38)39)29(45)32-23(28(30)44)6-4-5-9-31-24(37)18-33-10-11-34(19-26(40)41)12-13-35(20-27(42)43)15-17-36(16-14-33)21-46-2;1-14(2)26(41)29-16(4)21(33)12-15(3)27(42)31-20(8-11-25(39)40)22(34)13-18(6-9-23(35)36)28(43)30-19(17(5)32)7-10-24(37)38;1-5-8-9-10-11-12-13-14-15-16-17-18-19-20-23(27)25-24(21(4)6-2)22(26)7-3;/h22-23H,3-21H2,1-2H3,(H2,30,44)(H,31,37)(H,32,45)(H,38,39)(H,40,41)(H,42,43);14-16,18-20H,6-13H2,1-5H3,(H,29,41)(H,30,43)(H,31,42)(H,35,36)(H,37,38)(H,39,40);21,24H,5-20H2,1-4H3,(H,25,27);/t22-,23-;15-,16+,18-,19+,20+;21-,24-;/m010./s1/i2D;;;. The second-order valence-electron chi connectivity index (χ2n) is 30.5. The molecule has 0 bridgehead atoms. The average molecular weight is 1810 g/mol. The first-order chi connectivity index (χ1) is 55.2. The number of ketones is 4. The molecule has 674 valence electrons. The summed E-state index contributed by atoms with van der Waals surface area (Å²) in [6.07, 6.45) is 17.4. The molecule has 0 aromatic rings. The number of ether oxygens (including phenoxy) is 1. The number of nitrogens with zero attached hydrogens (tertiary/aromatic N) is 4. The van der Waals surface area contributed by atoms with E-state index in [1.807, 2.05) is 23.6 Å². The number of aliphatic carboxylic acids is 6. The molecule has 0 radical (unpaired) electrons. The Balaban J connectivity index is -0.00000173. The number of carbonyl (C=O) groups excluding carboxylic acids is 11. The van der Waals surface area contributed by atoms with Crippen LogP contribution in [0.2, 0.25) is 0 Å². The van der Waals surface area contributed by atoms with Crippen LogP contribution in [0.1, 0.15) is 263 Å². The Morgan fingerprint density at radius 2 is 0.855 bits per heavy atom. The van der Waals surface area contributed by atoms with Gasteiger partial charge in [0.1, 0.15) is 6.04 Å². The van der Waals surface area contributed by atoms with Crippen molar-refractivity contribution >= 4 is 100 Å². The summed E-state index contributed by atoms with van der Waals surface area (Å²) in [5.41, 5.74) is 5.47. The van der Waals surface area contributed by atoms with Crippen LogP contribution in [0.4, 0.5) is 0 Å². The molecule has 0 spiro atoms. The smallest absolute Gasteiger partial charge is 0.317 e. The van der Waals surface area contributed by atoms with Gasteiger partial charge in [-0.2, -0.15) is 0 Å². The minimum atomic E-state index is -1.39. The molecule has 117 heavy (non-hydrogen) atoms. The largest absolute Gasteiger partial charge is 0.481 e. The first kappa shape index (κ1) is 112. The molecule has 1 aliphatic heterocycles. The summed E-state index contributed by atoms with van der Waals surface area (Å²) < 4.78 is 12.6. The SMILES string of the molecule is CC(=O)[C@H](CCC(=O)O)NC(=O)[C@H](CCC(=O)O)CC(=O)[C@H](CCC(=O)O)NC(=O)[C@H](C)CC(=O)[C@H](C)NC(=O)C(C)C.CCCCCCCCCCCCCCCC(=O)N[C@H](C(=O)CC)[C@@H](C)CC.[2H]COCN1CCN(CC(=O)O)CCN(CC(=O)O)CCN(CC(=O)NCCCC[C@H](NC(=O)[C@@H](CC)CCC(=O)O)C(N)=O)CC1.[Gd]. The maximum atomic E-state index is 13.2. The number of nitrogens with two attached hydrogens (primary N) is 1. The molecular formula is C81H143GdN11O24. The van der Waals surface area contributed by atoms with Gasteiger partial charge in [0.25, 0.3) is 0 Å². The maximum absolute atomic E-state index is 13.2. The van der Waals surface area contributed by atoms with E-state index in [-0.39, 0.29) is 160 Å². The first-order valence-corrected chi connectivity index (χ1v) is 41.5. The quantitative estimate of drug-likeness (QED) is 0.0331. The van der Waals surface area contributed by atoms with Gasteiger partial charge >= 0.3 is 35.8 Å². The van der Waals surface area contributed by atoms with Crippen molar-refractivity contribution in [1.29, 1.82) is 0 Å². The summed E-state index contributed by atoms with van der Waals surface area (Å²) in [6.45, 7) is 20.6. The van der Waals surface area contributed by atoms with E-state index >= 15 is 0 Å². The topological polar surface area (TPSA) is 532 Å². The molecule has 1 saturated heterocycles. The fraction of sp³-hybridized carbons (Fsp3) is 0.790. The van der Waals surface area contributed by atoms with Crippen LogP contribution >= 0.6 is 0 Å². The molecule has 36 heteroatoms. The molecule has 14 N–H and O–H groups in total. The number of carboxylic acid groups (broad SMARTS) is 6. The number of primary amides is 1. The molecule has 1 aliphatic rings. The molecule has 7 amide bonds. The van der Waals surface area contributed by atoms with Crippen molar-refractivity contribution in [2.24, 2.45) is 35.3 Å². The summed E-state index contributed by atoms with van der Waals surface area (Å²) in [6, 6.07) is -4.67. The van der Waals surface area contributed by atoms with Gasteiger partial charge in [0.05, 0.1) is 51.9 Å². The number of carboxylic acids is 6. The van der Waals surface area contributed by atoms with Gasteiger partial charge in [-0.05, 0) is 77.6 Å². The van der Waals surface area contributed by atoms with E-state index in [1.165, 1.54) is 84.5 Å². The molecule has 35 nitrogen and oxygen atoms in total. The summed E-state index contributed by atoms with van der Waals surface area (Å²) in [7, 11) is -0.232. The summed E-state index contributed by atoms with van der Waals surface area (Å²) in [4.78, 5) is 211. The van der Waals surface area contributed by atoms with Crippen LogP contribution in [0.15, 0.2) is 0 Å². The predicted molar refractivity (Wildman–Crippen MR) is 433 cm³/mol. The van der Waals surface area contributed by atoms with Crippen LogP contribution in [0.5, 0.6) is 0 Å². The number of rotatable bonds is 61. The average Bonchev–Trinajstić information content (AvgIpc) is 0.860. The van der Waals surface area contributed by atoms with Gasteiger partial charge in [0, 0.05) is 181 Å². The number of Topliss-reactive ketones (excluding diaryl/α,β-unsaturated/α-hetero) is 4. The van der Waals surface area contributed by atoms with E-state index in [0.717, 1.165) is 26.2 Å². The molecule has 0 aromatic heterocycles. The van der Waals surface area contributed by atoms with Crippen LogP contribution < -0.4 is 37.6 Å². The monoisotopic (exact) mass is 1810 g/mol. The van der Waals surface area contributed by atoms with Gasteiger partial charge in [-0.15, -0.1) is 0 Å². The Morgan fingerprint density at radius 1 is 0.419 bits per heavy atom. The summed E-state index contributed by atoms with van der Waals surface area (Å²) in [5, 5.41) is 70.5. The number of hydrogen-bond acceptors (Lipinski definition) is 22. The van der Waals surface area contributed by atoms with Crippen molar-refractivity contribution in [2.75, 3.05) is 92.4 Å². The summed E-state index contributed by atoms with van der Waals surface area (Å²) >= 11 is 0. The third kappa shape index (κ3) is 59.3. The van der Waals surface area contributed by atoms with E-state index in [1.54, 1.807) is 30.6 Å². The second kappa shape index (κ2) is 68.7. The molecule has 1 fully saturated rings. The van der Waals surface area contributed by atoms with Crippen LogP contribution in [-0.4, -0.2) is 273 Å². The van der Waals surface area contributed by atoms with E-state index in [2.05, 4.69) is 45.7 Å². The van der Waals surface area contributed by atoms with Gasteiger partial charge in [0.15, 0.2) is 23.1 Å². The Bertz CT molecular complexity index is 3050. The number of unbranched alkanes of at least 4 members (excludes halogenated alkanes) is 13. The fourth-order valence-corrected chi connectivity index (χ4v) is 12.5. The van der Waals surface area contributed by atoms with E-state index in [0.29, 0.717) is 91.0 Å². The van der Waals surface area contributed by atoms with Crippen LogP contribution in [0.3, 0.4) is 0 Å². The zero-order valence-electron chi connectivity index (χ0n) is 72.1. The van der Waals surface area contributed by atoms with Gasteiger partial charge in [-0.25, -0.2) is 0 Å². The summed E-state index contributed by atoms with van der Waals surface area (Å²) in [5.74, 6) is -14.6. The zero-order chi connectivity index (χ0) is 89.0. The van der Waals surface area contributed by atoms with Gasteiger partial charge in [-0.3, -0.25) is 101 Å². The third-order valence-corrected chi connectivity index (χ3v) is 20.1. The first-order valence-electron chi connectivity index (χ1n) is 42.2. The van der Waals surface area contributed by atoms with Crippen LogP contribution in [-0.2, 0) is 86.2 Å². The van der Waals surface area contributed by atoms with E-state index < -0.39 is 144 Å². The Hall–Kier alpha value is -7.09. The van der Waals surface area contributed by atoms with Crippen molar-refractivity contribution in [3.8, 4) is 0 Å². The predicted octanol–water partition coefficient (Wildman–Crippen LogP) is 5.58. The van der Waals surface area contributed by atoms with Crippen molar-refractivity contribution in [2.45, 2.75) is 292 Å². The minimum absolute atomic E-state index is 0. The zero-order valence-corrected chi connectivity index (χ0v) is 73.4. The Labute approximate surface area is 725 Å². The van der Waals surface area contributed by atoms with Crippen LogP contribution in [0, 0.1) is 69.5 Å². The maximum Gasteiger partial charge on any atom is 0.317 e. The number of nitrogens with one attached hydrogen (secondary N) is 6. The number of carbonyl (C=O) groups is 17. The van der Waals surface area contributed by atoms with Gasteiger partial charge < -0.3 is 73.0 Å². The van der Waals surface area contributed by atoms with E-state index in [4.69, 9.17) is 32.3 Å².